The van der Waals surface area contributed by atoms with Gasteiger partial charge in [0, 0.05) is 33.7 Å². The summed E-state index contributed by atoms with van der Waals surface area (Å²) < 4.78 is 14.9. The number of hydrogen-bond donors (Lipinski definition) is 7. The van der Waals surface area contributed by atoms with Crippen molar-refractivity contribution in [2.45, 2.75) is 45.8 Å². The van der Waals surface area contributed by atoms with Gasteiger partial charge in [0.1, 0.15) is 5.82 Å². The second-order valence-electron chi connectivity index (χ2n) is 10.8. The molecule has 1 aromatic carbocycles. The Bertz CT molecular complexity index is 1720. The van der Waals surface area contributed by atoms with Crippen molar-refractivity contribution >= 4 is 29.4 Å². The zero-order valence-electron chi connectivity index (χ0n) is 24.4. The average Bonchev–Trinajstić information content (AvgIpc) is 3.39. The fraction of sp³-hybridized carbons (Fsp3) is 0.300. The van der Waals surface area contributed by atoms with Crippen LogP contribution in [-0.2, 0) is 31.4 Å². The number of halogens is 1. The molecule has 0 spiro atoms. The number of carboxylic acid groups (broad SMARTS) is 4. The van der Waals surface area contributed by atoms with Gasteiger partial charge in [0.2, 0.25) is 0 Å². The standard InChI is InChI=1S/C30H30FN3O11/c1-12(2)20-17(11-35)25(15-5-7-16(31)8-6-15)32-33-18(20)9-10-19(33)30(44)23(21(26(36)37)27(38)39)13(3)34(45)14(4)24(30)22(28(40)41)29(42)43/h5-10,12,21-22,35,44-45H,11H2,1-4H3,(H,36,37)(H,38,39)(H,40,41)(H,42,43). The van der Waals surface area contributed by atoms with Crippen LogP contribution in [0, 0.1) is 17.7 Å². The van der Waals surface area contributed by atoms with Crippen molar-refractivity contribution in [3.05, 3.63) is 81.6 Å². The molecule has 3 heterocycles. The van der Waals surface area contributed by atoms with Gasteiger partial charge in [-0.25, -0.2) is 14.0 Å². The highest BCUT2D eigenvalue weighted by atomic mass is 19.1. The highest BCUT2D eigenvalue weighted by molar-refractivity contribution is 6.00. The number of carboxylic acids is 4. The predicted molar refractivity (Wildman–Crippen MR) is 151 cm³/mol. The van der Waals surface area contributed by atoms with E-state index in [1.807, 2.05) is 0 Å². The number of aromatic nitrogens is 2. The first-order chi connectivity index (χ1) is 21.0. The molecule has 0 aliphatic carbocycles. The lowest BCUT2D eigenvalue weighted by Gasteiger charge is -2.43. The Morgan fingerprint density at radius 3 is 1.71 bits per heavy atom. The average molecular weight is 628 g/mol. The van der Waals surface area contributed by atoms with Gasteiger partial charge in [0.25, 0.3) is 0 Å². The summed E-state index contributed by atoms with van der Waals surface area (Å²) in [6.07, 6.45) is 0. The molecule has 0 amide bonds. The molecule has 0 saturated carbocycles. The van der Waals surface area contributed by atoms with Crippen LogP contribution in [0.2, 0.25) is 0 Å². The summed E-state index contributed by atoms with van der Waals surface area (Å²) >= 11 is 0. The zero-order valence-corrected chi connectivity index (χ0v) is 24.4. The third-order valence-electron chi connectivity index (χ3n) is 7.93. The molecule has 14 nitrogen and oxygen atoms in total. The van der Waals surface area contributed by atoms with Gasteiger partial charge in [0.15, 0.2) is 17.4 Å². The molecule has 0 fully saturated rings. The normalized spacial score (nSPS) is 15.1. The molecule has 1 aliphatic heterocycles. The van der Waals surface area contributed by atoms with Gasteiger partial charge in [-0.1, -0.05) is 13.8 Å². The Morgan fingerprint density at radius 1 is 0.844 bits per heavy atom. The maximum absolute atomic E-state index is 13.8. The van der Waals surface area contributed by atoms with Gasteiger partial charge in [0.05, 0.1) is 23.5 Å². The smallest absolute Gasteiger partial charge is 0.322 e. The lowest BCUT2D eigenvalue weighted by molar-refractivity contribution is -0.154. The van der Waals surface area contributed by atoms with E-state index in [2.05, 4.69) is 5.10 Å². The van der Waals surface area contributed by atoms with Gasteiger partial charge < -0.3 is 30.6 Å². The minimum Gasteiger partial charge on any atom is -0.480 e. The number of carbonyl (C=O) groups is 4. The summed E-state index contributed by atoms with van der Waals surface area (Å²) in [4.78, 5) is 49.5. The number of hydroxylamine groups is 2. The fourth-order valence-electron chi connectivity index (χ4n) is 6.07. The van der Waals surface area contributed by atoms with E-state index < -0.39 is 82.0 Å². The summed E-state index contributed by atoms with van der Waals surface area (Å²) in [5, 5.41) is 78.8. The molecule has 4 rings (SSSR count). The number of aliphatic carboxylic acids is 4. The molecule has 0 unspecified atom stereocenters. The van der Waals surface area contributed by atoms with Crippen molar-refractivity contribution in [2.75, 3.05) is 0 Å². The van der Waals surface area contributed by atoms with Crippen molar-refractivity contribution in [1.82, 2.24) is 14.7 Å². The lowest BCUT2D eigenvalue weighted by Crippen LogP contribution is -2.50. The van der Waals surface area contributed by atoms with Crippen LogP contribution in [0.4, 0.5) is 4.39 Å². The molecule has 0 saturated heterocycles. The second kappa shape index (κ2) is 11.8. The summed E-state index contributed by atoms with van der Waals surface area (Å²) in [5.74, 6) is -14.2. The molecule has 45 heavy (non-hydrogen) atoms. The van der Waals surface area contributed by atoms with Gasteiger partial charge >= 0.3 is 23.9 Å². The monoisotopic (exact) mass is 627 g/mol. The van der Waals surface area contributed by atoms with E-state index in [0.29, 0.717) is 16.7 Å². The van der Waals surface area contributed by atoms with Crippen molar-refractivity contribution < 1.29 is 59.4 Å². The first-order valence-corrected chi connectivity index (χ1v) is 13.5. The van der Waals surface area contributed by atoms with E-state index >= 15 is 0 Å². The van der Waals surface area contributed by atoms with Crippen LogP contribution in [-0.4, -0.2) is 74.4 Å². The first-order valence-electron chi connectivity index (χ1n) is 13.5. The molecule has 2 aromatic heterocycles. The topological polar surface area (TPSA) is 230 Å². The van der Waals surface area contributed by atoms with Gasteiger partial charge in [-0.15, -0.1) is 0 Å². The van der Waals surface area contributed by atoms with Gasteiger partial charge in [-0.2, -0.15) is 5.10 Å². The van der Waals surface area contributed by atoms with Crippen molar-refractivity contribution in [3.8, 4) is 11.3 Å². The van der Waals surface area contributed by atoms with Crippen molar-refractivity contribution in [1.29, 1.82) is 0 Å². The van der Waals surface area contributed by atoms with Crippen LogP contribution >= 0.6 is 0 Å². The minimum atomic E-state index is -3.12. The van der Waals surface area contributed by atoms with E-state index in [1.165, 1.54) is 24.3 Å². The Labute approximate surface area is 254 Å². The highest BCUT2D eigenvalue weighted by Crippen LogP contribution is 2.51. The Hall–Kier alpha value is -5.12. The molecule has 0 bridgehead atoms. The van der Waals surface area contributed by atoms with Crippen LogP contribution in [0.5, 0.6) is 0 Å². The summed E-state index contributed by atoms with van der Waals surface area (Å²) in [6, 6.07) is 7.62. The van der Waals surface area contributed by atoms with E-state index in [9.17, 15) is 59.4 Å². The van der Waals surface area contributed by atoms with E-state index in [1.54, 1.807) is 13.8 Å². The number of hydrogen-bond acceptors (Lipinski definition) is 9. The quantitative estimate of drug-likeness (QED) is 0.161. The number of rotatable bonds is 10. The lowest BCUT2D eigenvalue weighted by atomic mass is 9.69. The van der Waals surface area contributed by atoms with E-state index in [4.69, 9.17) is 0 Å². The molecule has 7 N–H and O–H groups in total. The Balaban J connectivity index is 2.28. The van der Waals surface area contributed by atoms with Gasteiger partial charge in [-0.05, 0) is 61.7 Å². The molecule has 3 aromatic rings. The number of fused-ring (bicyclic) bond motifs is 1. The molecule has 0 atom stereocenters. The van der Waals surface area contributed by atoms with Crippen molar-refractivity contribution in [3.63, 3.8) is 0 Å². The SMILES string of the molecule is CC1=C(C(C(=O)O)C(=O)O)C(O)(c2ccc3c(C(C)C)c(CO)c(-c4ccc(F)cc4)nn23)C(C(C(=O)O)C(=O)O)=C(C)N1O. The Morgan fingerprint density at radius 2 is 1.31 bits per heavy atom. The van der Waals surface area contributed by atoms with E-state index in [-0.39, 0.29) is 22.2 Å². The molecule has 1 aliphatic rings. The van der Waals surface area contributed by atoms with Crippen LogP contribution in [0.1, 0.15) is 50.4 Å². The molecular formula is C30H30FN3O11. The molecule has 238 valence electrons. The van der Waals surface area contributed by atoms with Crippen LogP contribution in [0.3, 0.4) is 0 Å². The maximum atomic E-state index is 13.8. The summed E-state index contributed by atoms with van der Waals surface area (Å²) in [6.45, 7) is 5.16. The highest BCUT2D eigenvalue weighted by Gasteiger charge is 2.57. The molecular weight excluding hydrogens is 597 g/mol. The minimum absolute atomic E-state index is 0.0832. The van der Waals surface area contributed by atoms with Crippen molar-refractivity contribution in [2.24, 2.45) is 11.8 Å². The number of benzene rings is 1. The maximum Gasteiger partial charge on any atom is 0.322 e. The predicted octanol–water partition coefficient (Wildman–Crippen LogP) is 2.77. The zero-order chi connectivity index (χ0) is 33.7. The molecule has 15 heteroatoms. The number of aliphatic hydroxyl groups excluding tert-OH is 1. The van der Waals surface area contributed by atoms with Gasteiger partial charge in [-0.3, -0.25) is 24.4 Å². The fourth-order valence-corrected chi connectivity index (χ4v) is 6.07. The third-order valence-corrected chi connectivity index (χ3v) is 7.93. The Kier molecular flexibility index (Phi) is 8.57. The summed E-state index contributed by atoms with van der Waals surface area (Å²) in [7, 11) is 0. The van der Waals surface area contributed by atoms with E-state index in [0.717, 1.165) is 30.5 Å². The van der Waals surface area contributed by atoms with Crippen LogP contribution in [0.15, 0.2) is 58.9 Å². The summed E-state index contributed by atoms with van der Waals surface area (Å²) in [5.41, 5.74) is -5.12. The third kappa shape index (κ3) is 5.09. The second-order valence-corrected chi connectivity index (χ2v) is 10.8. The number of aliphatic hydroxyl groups is 2. The van der Waals surface area contributed by atoms with Crippen LogP contribution in [0.25, 0.3) is 16.8 Å². The van der Waals surface area contributed by atoms with Crippen LogP contribution < -0.4 is 0 Å². The first kappa shape index (κ1) is 32.8. The number of nitrogens with zero attached hydrogens (tertiary/aromatic N) is 3. The molecule has 0 radical (unpaired) electrons. The largest absolute Gasteiger partial charge is 0.480 e. The number of allylic oxidation sites excluding steroid dienone is 2.